The van der Waals surface area contributed by atoms with Crippen LogP contribution in [0.5, 0.6) is 0 Å². The van der Waals surface area contributed by atoms with Crippen LogP contribution in [0.2, 0.25) is 0 Å². The van der Waals surface area contributed by atoms with Crippen molar-refractivity contribution in [3.05, 3.63) is 41.7 Å². The van der Waals surface area contributed by atoms with Gasteiger partial charge in [-0.1, -0.05) is 12.0 Å². The van der Waals surface area contributed by atoms with Crippen molar-refractivity contribution in [1.29, 1.82) is 5.26 Å². The Morgan fingerprint density at radius 2 is 2.29 bits per heavy atom. The van der Waals surface area contributed by atoms with Gasteiger partial charge in [-0.3, -0.25) is 4.68 Å². The maximum atomic E-state index is 8.60. The summed E-state index contributed by atoms with van der Waals surface area (Å²) in [7, 11) is 0. The molecule has 0 spiro atoms. The van der Waals surface area contributed by atoms with E-state index in [-0.39, 0.29) is 6.54 Å². The van der Waals surface area contributed by atoms with Crippen LogP contribution in [0, 0.1) is 30.6 Å². The van der Waals surface area contributed by atoms with E-state index in [0.29, 0.717) is 0 Å². The van der Waals surface area contributed by atoms with Crippen LogP contribution in [-0.2, 0) is 6.54 Å². The number of benzene rings is 1. The minimum atomic E-state index is 0.258. The summed E-state index contributed by atoms with van der Waals surface area (Å²) >= 11 is 0. The first-order valence-corrected chi connectivity index (χ1v) is 5.21. The van der Waals surface area contributed by atoms with Gasteiger partial charge >= 0.3 is 0 Å². The molecule has 0 aliphatic rings. The van der Waals surface area contributed by atoms with Crippen LogP contribution in [0.15, 0.2) is 30.6 Å². The van der Waals surface area contributed by atoms with E-state index < -0.39 is 0 Å². The number of nitrogens with zero attached hydrogens (tertiary/aromatic N) is 3. The van der Waals surface area contributed by atoms with Gasteiger partial charge in [-0.05, 0) is 30.2 Å². The molecular formula is C14H11N3. The molecule has 1 aromatic carbocycles. The van der Waals surface area contributed by atoms with E-state index in [2.05, 4.69) is 17.1 Å². The monoisotopic (exact) mass is 221 g/mol. The van der Waals surface area contributed by atoms with Gasteiger partial charge in [-0.15, -0.1) is 6.42 Å². The maximum Gasteiger partial charge on any atom is 0.128 e. The Hall–Kier alpha value is -2.52. The Morgan fingerprint density at radius 3 is 3.00 bits per heavy atom. The largest absolute Gasteiger partial charge is 0.258 e. The molecular weight excluding hydrogens is 210 g/mol. The zero-order valence-corrected chi connectivity index (χ0v) is 9.51. The van der Waals surface area contributed by atoms with E-state index >= 15 is 0 Å². The van der Waals surface area contributed by atoms with E-state index in [1.54, 1.807) is 10.9 Å². The van der Waals surface area contributed by atoms with Gasteiger partial charge in [0.1, 0.15) is 6.54 Å². The first-order chi connectivity index (χ1) is 8.24. The van der Waals surface area contributed by atoms with Crippen LogP contribution in [0.25, 0.3) is 11.1 Å². The van der Waals surface area contributed by atoms with Crippen LogP contribution >= 0.6 is 0 Å². The number of rotatable bonds is 2. The van der Waals surface area contributed by atoms with Gasteiger partial charge in [0.05, 0.1) is 12.3 Å². The van der Waals surface area contributed by atoms with Crippen LogP contribution in [0.1, 0.15) is 11.1 Å². The fourth-order valence-corrected chi connectivity index (χ4v) is 1.68. The molecule has 0 unspecified atom stereocenters. The molecule has 0 saturated heterocycles. The minimum Gasteiger partial charge on any atom is -0.258 e. The lowest BCUT2D eigenvalue weighted by atomic mass is 10.0. The van der Waals surface area contributed by atoms with Gasteiger partial charge in [0.2, 0.25) is 0 Å². The van der Waals surface area contributed by atoms with Gasteiger partial charge < -0.3 is 0 Å². The number of hydrogen-bond donors (Lipinski definition) is 0. The first-order valence-electron chi connectivity index (χ1n) is 5.21. The summed E-state index contributed by atoms with van der Waals surface area (Å²) in [5.41, 5.74) is 4.03. The highest BCUT2D eigenvalue weighted by molar-refractivity contribution is 5.67. The Kier molecular flexibility index (Phi) is 2.94. The average Bonchev–Trinajstić information content (AvgIpc) is 2.79. The zero-order chi connectivity index (χ0) is 12.3. The molecule has 0 atom stereocenters. The molecule has 0 radical (unpaired) electrons. The molecule has 2 rings (SSSR count). The van der Waals surface area contributed by atoms with Crippen molar-refractivity contribution >= 4 is 0 Å². The molecule has 82 valence electrons. The standard InChI is InChI=1S/C14H11N3/c1-3-12-5-4-11(2)14(8-12)13-9-16-17(10-13)7-6-15/h1,4-5,8-10H,7H2,2H3. The van der Waals surface area contributed by atoms with Crippen molar-refractivity contribution in [3.63, 3.8) is 0 Å². The van der Waals surface area contributed by atoms with Gasteiger partial charge in [0.25, 0.3) is 0 Å². The predicted octanol–water partition coefficient (Wildman–Crippen LogP) is 2.36. The molecule has 17 heavy (non-hydrogen) atoms. The molecule has 1 heterocycles. The van der Waals surface area contributed by atoms with Crippen LogP contribution in [0.3, 0.4) is 0 Å². The summed E-state index contributed by atoms with van der Waals surface area (Å²) in [5.74, 6) is 2.62. The van der Waals surface area contributed by atoms with Crippen molar-refractivity contribution in [2.75, 3.05) is 0 Å². The quantitative estimate of drug-likeness (QED) is 0.730. The highest BCUT2D eigenvalue weighted by Crippen LogP contribution is 2.23. The van der Waals surface area contributed by atoms with E-state index in [4.69, 9.17) is 11.7 Å². The average molecular weight is 221 g/mol. The molecule has 0 fully saturated rings. The topological polar surface area (TPSA) is 41.6 Å². The third kappa shape index (κ3) is 2.19. The highest BCUT2D eigenvalue weighted by atomic mass is 15.3. The minimum absolute atomic E-state index is 0.258. The van der Waals surface area contributed by atoms with Gasteiger partial charge in [0, 0.05) is 17.3 Å². The molecule has 0 aliphatic carbocycles. The SMILES string of the molecule is C#Cc1ccc(C)c(-c2cnn(CC#N)c2)c1. The molecule has 0 bridgehead atoms. The molecule has 3 nitrogen and oxygen atoms in total. The van der Waals surface area contributed by atoms with Gasteiger partial charge in [-0.25, -0.2) is 0 Å². The second kappa shape index (κ2) is 4.55. The molecule has 3 heteroatoms. The molecule has 0 amide bonds. The number of terminal acetylenes is 1. The highest BCUT2D eigenvalue weighted by Gasteiger charge is 2.05. The lowest BCUT2D eigenvalue weighted by molar-refractivity contribution is 0.710. The normalized spacial score (nSPS) is 9.59. The lowest BCUT2D eigenvalue weighted by Gasteiger charge is -2.03. The van der Waals surface area contributed by atoms with Gasteiger partial charge in [0.15, 0.2) is 0 Å². The molecule has 1 aromatic heterocycles. The molecule has 0 saturated carbocycles. The Balaban J connectivity index is 2.45. The Morgan fingerprint density at radius 1 is 1.47 bits per heavy atom. The summed E-state index contributed by atoms with van der Waals surface area (Å²) < 4.78 is 1.61. The number of nitriles is 1. The molecule has 0 N–H and O–H groups in total. The van der Waals surface area contributed by atoms with E-state index in [0.717, 1.165) is 22.3 Å². The van der Waals surface area contributed by atoms with Crippen molar-refractivity contribution in [1.82, 2.24) is 9.78 Å². The second-order valence-electron chi connectivity index (χ2n) is 3.76. The molecule has 0 aliphatic heterocycles. The number of hydrogen-bond acceptors (Lipinski definition) is 2. The summed E-state index contributed by atoms with van der Waals surface area (Å²) in [5, 5.41) is 12.7. The van der Waals surface area contributed by atoms with E-state index in [1.165, 1.54) is 0 Å². The lowest BCUT2D eigenvalue weighted by Crippen LogP contribution is -1.94. The third-order valence-electron chi connectivity index (χ3n) is 2.58. The van der Waals surface area contributed by atoms with Crippen molar-refractivity contribution in [2.45, 2.75) is 13.5 Å². The molecule has 2 aromatic rings. The first kappa shape index (κ1) is 11.0. The Labute approximate surface area is 100 Å². The van der Waals surface area contributed by atoms with Gasteiger partial charge in [-0.2, -0.15) is 10.4 Å². The smallest absolute Gasteiger partial charge is 0.128 e. The summed E-state index contributed by atoms with van der Waals surface area (Å²) in [4.78, 5) is 0. The Bertz CT molecular complexity index is 624. The van der Waals surface area contributed by atoms with Crippen LogP contribution < -0.4 is 0 Å². The van der Waals surface area contributed by atoms with Crippen molar-refractivity contribution in [3.8, 4) is 29.5 Å². The van der Waals surface area contributed by atoms with Crippen LogP contribution in [-0.4, -0.2) is 9.78 Å². The summed E-state index contributed by atoms with van der Waals surface area (Å²) in [6.07, 6.45) is 8.99. The number of aromatic nitrogens is 2. The fourth-order valence-electron chi connectivity index (χ4n) is 1.68. The predicted molar refractivity (Wildman–Crippen MR) is 65.9 cm³/mol. The zero-order valence-electron chi connectivity index (χ0n) is 9.51. The second-order valence-corrected chi connectivity index (χ2v) is 3.76. The summed E-state index contributed by atoms with van der Waals surface area (Å²) in [6, 6.07) is 7.92. The fraction of sp³-hybridized carbons (Fsp3) is 0.143. The maximum absolute atomic E-state index is 8.60. The number of aryl methyl sites for hydroxylation is 1. The van der Waals surface area contributed by atoms with E-state index in [9.17, 15) is 0 Å². The summed E-state index contributed by atoms with van der Waals surface area (Å²) in [6.45, 7) is 2.28. The third-order valence-corrected chi connectivity index (χ3v) is 2.58. The van der Waals surface area contributed by atoms with E-state index in [1.807, 2.05) is 31.3 Å². The van der Waals surface area contributed by atoms with Crippen molar-refractivity contribution in [2.24, 2.45) is 0 Å². The van der Waals surface area contributed by atoms with Crippen molar-refractivity contribution < 1.29 is 0 Å². The van der Waals surface area contributed by atoms with Crippen LogP contribution in [0.4, 0.5) is 0 Å².